The van der Waals surface area contributed by atoms with Crippen LogP contribution in [0.15, 0.2) is 110 Å². The Hall–Kier alpha value is -3.26. The number of para-hydroxylation sites is 2. The van der Waals surface area contributed by atoms with Crippen molar-refractivity contribution < 1.29 is 0 Å². The third-order valence-corrected chi connectivity index (χ3v) is 3.81. The van der Waals surface area contributed by atoms with Crippen molar-refractivity contribution in [3.8, 4) is 0 Å². The number of nitrogens with one attached hydrogen (secondary N) is 2. The third-order valence-electron chi connectivity index (χ3n) is 3.81. The van der Waals surface area contributed by atoms with E-state index in [1.54, 1.807) is 6.08 Å². The molecule has 3 rings (SSSR count). The first-order chi connectivity index (χ1) is 14.1. The predicted molar refractivity (Wildman–Crippen MR) is 133 cm³/mol. The summed E-state index contributed by atoms with van der Waals surface area (Å²) in [5, 5.41) is 6.11. The topological polar surface area (TPSA) is 24.1 Å². The zero-order valence-electron chi connectivity index (χ0n) is 18.6. The summed E-state index contributed by atoms with van der Waals surface area (Å²) < 4.78 is 0. The molecule has 0 heterocycles. The summed E-state index contributed by atoms with van der Waals surface area (Å²) in [4.78, 5) is 0. The van der Waals surface area contributed by atoms with Gasteiger partial charge in [0.05, 0.1) is 0 Å². The molecule has 0 saturated heterocycles. The van der Waals surface area contributed by atoms with Crippen LogP contribution in [-0.2, 0) is 0 Å². The smallest absolute Gasteiger partial charge is 0.0384 e. The summed E-state index contributed by atoms with van der Waals surface area (Å²) in [6.07, 6.45) is 1.69. The van der Waals surface area contributed by atoms with E-state index in [9.17, 15) is 0 Å². The van der Waals surface area contributed by atoms with Crippen LogP contribution in [-0.4, -0.2) is 7.05 Å². The van der Waals surface area contributed by atoms with Crippen molar-refractivity contribution in [1.82, 2.24) is 0 Å². The van der Waals surface area contributed by atoms with Gasteiger partial charge in [-0.15, -0.1) is 0 Å². The van der Waals surface area contributed by atoms with Crippen molar-refractivity contribution in [2.45, 2.75) is 27.7 Å². The zero-order chi connectivity index (χ0) is 21.9. The fourth-order valence-electron chi connectivity index (χ4n) is 2.03. The van der Waals surface area contributed by atoms with Gasteiger partial charge in [-0.1, -0.05) is 87.7 Å². The third kappa shape index (κ3) is 12.7. The zero-order valence-corrected chi connectivity index (χ0v) is 18.6. The Bertz CT molecular complexity index is 772. The molecule has 0 unspecified atom stereocenters. The summed E-state index contributed by atoms with van der Waals surface area (Å²) >= 11 is 0. The Morgan fingerprint density at radius 1 is 0.690 bits per heavy atom. The average Bonchev–Trinajstić information content (AvgIpc) is 2.79. The lowest BCUT2D eigenvalue weighted by Gasteiger charge is -2.03. The molecule has 3 aromatic rings. The first kappa shape index (κ1) is 25.7. The SMILES string of the molecule is C=CC(=C)Nc1ccccc1.CC.CNc1ccccc1.Cc1ccccc1C. The number of allylic oxidation sites excluding steroid dienone is 1. The van der Waals surface area contributed by atoms with Crippen LogP contribution >= 0.6 is 0 Å². The molecule has 0 fully saturated rings. The Labute approximate surface area is 178 Å². The summed E-state index contributed by atoms with van der Waals surface area (Å²) in [6, 6.07) is 28.3. The second kappa shape index (κ2) is 16.9. The summed E-state index contributed by atoms with van der Waals surface area (Å²) in [6.45, 7) is 15.6. The molecule has 29 heavy (non-hydrogen) atoms. The van der Waals surface area contributed by atoms with Gasteiger partial charge in [-0.25, -0.2) is 0 Å². The highest BCUT2D eigenvalue weighted by Gasteiger charge is 1.87. The lowest BCUT2D eigenvalue weighted by molar-refractivity contribution is 1.34. The van der Waals surface area contributed by atoms with E-state index in [4.69, 9.17) is 0 Å². The molecule has 0 radical (unpaired) electrons. The van der Waals surface area contributed by atoms with Crippen LogP contribution in [0.2, 0.25) is 0 Å². The standard InChI is InChI=1S/C10H11N.C8H10.C7H9N.C2H6/c1-3-9(2)11-10-7-5-4-6-8-10;1-7-5-3-4-6-8(7)2;1-8-7-5-3-2-4-6-7;1-2/h3-8,11H,1-2H2;3-6H,1-2H3;2-6,8H,1H3;1-2H3. The molecule has 0 bridgehead atoms. The first-order valence-electron chi connectivity index (χ1n) is 9.95. The molecule has 154 valence electrons. The van der Waals surface area contributed by atoms with Gasteiger partial charge in [0.2, 0.25) is 0 Å². The van der Waals surface area contributed by atoms with E-state index < -0.39 is 0 Å². The first-order valence-corrected chi connectivity index (χ1v) is 9.95. The summed E-state index contributed by atoms with van der Waals surface area (Å²) in [7, 11) is 1.91. The second-order valence-electron chi connectivity index (χ2n) is 5.92. The molecule has 0 spiro atoms. The van der Waals surface area contributed by atoms with Gasteiger partial charge < -0.3 is 10.6 Å². The highest BCUT2D eigenvalue weighted by Crippen LogP contribution is 2.07. The van der Waals surface area contributed by atoms with E-state index in [2.05, 4.69) is 61.9 Å². The lowest BCUT2D eigenvalue weighted by Crippen LogP contribution is -1.93. The van der Waals surface area contributed by atoms with Crippen LogP contribution in [0.1, 0.15) is 25.0 Å². The van der Waals surface area contributed by atoms with Crippen molar-refractivity contribution in [2.24, 2.45) is 0 Å². The van der Waals surface area contributed by atoms with Crippen molar-refractivity contribution in [3.05, 3.63) is 121 Å². The van der Waals surface area contributed by atoms with Crippen molar-refractivity contribution in [3.63, 3.8) is 0 Å². The highest BCUT2D eigenvalue weighted by molar-refractivity contribution is 5.49. The molecule has 0 aromatic heterocycles. The largest absolute Gasteiger partial charge is 0.388 e. The van der Waals surface area contributed by atoms with Crippen molar-refractivity contribution >= 4 is 11.4 Å². The van der Waals surface area contributed by atoms with Gasteiger partial charge in [-0.05, 0) is 55.3 Å². The van der Waals surface area contributed by atoms with E-state index in [-0.39, 0.29) is 0 Å². The molecule has 0 saturated carbocycles. The van der Waals surface area contributed by atoms with Gasteiger partial charge in [0.1, 0.15) is 0 Å². The van der Waals surface area contributed by atoms with Crippen LogP contribution in [0.5, 0.6) is 0 Å². The fraction of sp³-hybridized carbons (Fsp3) is 0.185. The van der Waals surface area contributed by atoms with Crippen LogP contribution in [0.25, 0.3) is 0 Å². The van der Waals surface area contributed by atoms with Crippen molar-refractivity contribution in [1.29, 1.82) is 0 Å². The number of hydrogen-bond acceptors (Lipinski definition) is 2. The van der Waals surface area contributed by atoms with E-state index in [0.717, 1.165) is 17.1 Å². The lowest BCUT2D eigenvalue weighted by atomic mass is 10.1. The van der Waals surface area contributed by atoms with Crippen LogP contribution in [0.4, 0.5) is 11.4 Å². The maximum Gasteiger partial charge on any atom is 0.0384 e. The van der Waals surface area contributed by atoms with Gasteiger partial charge in [-0.2, -0.15) is 0 Å². The van der Waals surface area contributed by atoms with E-state index in [1.165, 1.54) is 11.1 Å². The molecular formula is C27H36N2. The molecule has 0 aliphatic rings. The van der Waals surface area contributed by atoms with Crippen molar-refractivity contribution in [2.75, 3.05) is 17.7 Å². The average molecular weight is 389 g/mol. The summed E-state index contributed by atoms with van der Waals surface area (Å²) in [5.74, 6) is 0. The Balaban J connectivity index is 0.000000395. The Morgan fingerprint density at radius 3 is 1.38 bits per heavy atom. The molecule has 0 aliphatic carbocycles. The van der Waals surface area contributed by atoms with E-state index in [0.29, 0.717) is 0 Å². The Morgan fingerprint density at radius 2 is 1.07 bits per heavy atom. The molecule has 2 N–H and O–H groups in total. The van der Waals surface area contributed by atoms with Crippen LogP contribution in [0, 0.1) is 13.8 Å². The van der Waals surface area contributed by atoms with Gasteiger partial charge in [0.25, 0.3) is 0 Å². The number of aryl methyl sites for hydroxylation is 2. The van der Waals surface area contributed by atoms with Gasteiger partial charge in [-0.3, -0.25) is 0 Å². The number of hydrogen-bond donors (Lipinski definition) is 2. The molecule has 3 aromatic carbocycles. The van der Waals surface area contributed by atoms with Crippen LogP contribution < -0.4 is 10.6 Å². The summed E-state index contributed by atoms with van der Waals surface area (Å²) in [5.41, 5.74) is 5.75. The monoisotopic (exact) mass is 388 g/mol. The molecule has 2 nitrogen and oxygen atoms in total. The molecule has 2 heteroatoms. The minimum Gasteiger partial charge on any atom is -0.388 e. The Kier molecular flexibility index (Phi) is 15.0. The quantitative estimate of drug-likeness (QED) is 0.444. The second-order valence-corrected chi connectivity index (χ2v) is 5.92. The molecular weight excluding hydrogens is 352 g/mol. The highest BCUT2D eigenvalue weighted by atomic mass is 14.9. The fourth-order valence-corrected chi connectivity index (χ4v) is 2.03. The molecule has 0 aliphatic heterocycles. The minimum atomic E-state index is 0.816. The molecule has 0 amide bonds. The normalized spacial score (nSPS) is 8.45. The maximum absolute atomic E-state index is 3.74. The van der Waals surface area contributed by atoms with Gasteiger partial charge >= 0.3 is 0 Å². The van der Waals surface area contributed by atoms with Gasteiger partial charge in [0.15, 0.2) is 0 Å². The minimum absolute atomic E-state index is 0.816. The van der Waals surface area contributed by atoms with E-state index >= 15 is 0 Å². The number of rotatable bonds is 4. The number of benzene rings is 3. The van der Waals surface area contributed by atoms with Crippen LogP contribution in [0.3, 0.4) is 0 Å². The predicted octanol–water partition coefficient (Wildman–Crippen LogP) is 7.86. The van der Waals surface area contributed by atoms with Gasteiger partial charge in [0, 0.05) is 24.1 Å². The maximum atomic E-state index is 3.74. The number of anilines is 2. The molecule has 0 atom stereocenters. The van der Waals surface area contributed by atoms with E-state index in [1.807, 2.05) is 81.6 Å².